The number of nitrogens with zero attached hydrogens (tertiary/aromatic N) is 1. The lowest BCUT2D eigenvalue weighted by atomic mass is 9.87. The number of aromatic nitrogens is 1. The van der Waals surface area contributed by atoms with E-state index in [-0.39, 0.29) is 5.41 Å². The number of aromatic amines is 1. The molecule has 2 heterocycles. The highest BCUT2D eigenvalue weighted by atomic mass is 35.5. The molecule has 0 saturated heterocycles. The van der Waals surface area contributed by atoms with E-state index < -0.39 is 10.0 Å². The van der Waals surface area contributed by atoms with E-state index in [1.54, 1.807) is 16.4 Å². The van der Waals surface area contributed by atoms with E-state index in [0.717, 1.165) is 27.6 Å². The van der Waals surface area contributed by atoms with Crippen LogP contribution in [0.15, 0.2) is 59.6 Å². The lowest BCUT2D eigenvalue weighted by Crippen LogP contribution is -2.34. The molecule has 0 amide bonds. The molecule has 0 aliphatic carbocycles. The van der Waals surface area contributed by atoms with Crippen molar-refractivity contribution >= 4 is 38.1 Å². The number of fused-ring (bicyclic) bond motifs is 1. The summed E-state index contributed by atoms with van der Waals surface area (Å²) >= 11 is 6.26. The fourth-order valence-electron chi connectivity index (χ4n) is 3.77. The van der Waals surface area contributed by atoms with E-state index >= 15 is 0 Å². The molecule has 6 heteroatoms. The normalized spacial score (nSPS) is 16.2. The largest absolute Gasteiger partial charge is 0.359 e. The molecule has 0 radical (unpaired) electrons. The average Bonchev–Trinajstić information content (AvgIpc) is 3.13. The summed E-state index contributed by atoms with van der Waals surface area (Å²) in [5.74, 6) is 0. The number of halogens is 1. The maximum absolute atomic E-state index is 13.1. The van der Waals surface area contributed by atoms with Gasteiger partial charge in [-0.15, -0.1) is 0 Å². The number of sulfonamides is 1. The molecule has 0 bridgehead atoms. The second kappa shape index (κ2) is 7.31. The Bertz CT molecular complexity index is 1190. The van der Waals surface area contributed by atoms with Crippen molar-refractivity contribution < 1.29 is 8.42 Å². The molecule has 1 aliphatic heterocycles. The van der Waals surface area contributed by atoms with E-state index in [9.17, 15) is 8.42 Å². The fraction of sp³-hybridized carbons (Fsp3) is 0.304. The number of para-hydroxylation sites is 1. The maximum atomic E-state index is 13.1. The van der Waals surface area contributed by atoms with Gasteiger partial charge in [-0.25, -0.2) is 8.42 Å². The lowest BCUT2D eigenvalue weighted by molar-refractivity contribution is 0.441. The van der Waals surface area contributed by atoms with Gasteiger partial charge in [-0.3, -0.25) is 0 Å². The molecule has 2 aromatic carbocycles. The monoisotopic (exact) mass is 428 g/mol. The van der Waals surface area contributed by atoms with Crippen molar-refractivity contribution in [3.8, 4) is 0 Å². The third-order valence-corrected chi connectivity index (χ3v) is 7.73. The Morgan fingerprint density at radius 1 is 1.07 bits per heavy atom. The second-order valence-electron chi connectivity index (χ2n) is 8.48. The van der Waals surface area contributed by atoms with Crippen molar-refractivity contribution in [2.45, 2.75) is 37.5 Å². The zero-order valence-electron chi connectivity index (χ0n) is 16.9. The molecule has 152 valence electrons. The molecular formula is C23H25ClN2O2S. The van der Waals surface area contributed by atoms with Gasteiger partial charge in [0.25, 0.3) is 0 Å². The van der Waals surface area contributed by atoms with E-state index in [1.807, 2.05) is 42.6 Å². The Morgan fingerprint density at radius 3 is 2.41 bits per heavy atom. The van der Waals surface area contributed by atoms with Gasteiger partial charge < -0.3 is 4.98 Å². The Labute approximate surface area is 177 Å². The first-order valence-corrected chi connectivity index (χ1v) is 11.6. The van der Waals surface area contributed by atoms with Gasteiger partial charge in [0.2, 0.25) is 10.0 Å². The minimum Gasteiger partial charge on any atom is -0.359 e. The summed E-state index contributed by atoms with van der Waals surface area (Å²) in [5, 5.41) is 1.76. The SMILES string of the molecule is CC(C)(C)c1ccc(S(=O)(=O)N2CC=C(c3c[nH]c4c(Cl)cccc34)CC2)cc1. The van der Waals surface area contributed by atoms with Crippen LogP contribution in [0.2, 0.25) is 5.02 Å². The van der Waals surface area contributed by atoms with Gasteiger partial charge >= 0.3 is 0 Å². The third kappa shape index (κ3) is 3.75. The van der Waals surface area contributed by atoms with Gasteiger partial charge in [0.05, 0.1) is 15.4 Å². The molecule has 0 unspecified atom stereocenters. The minimum absolute atomic E-state index is 0.00666. The van der Waals surface area contributed by atoms with Crippen LogP contribution in [0.5, 0.6) is 0 Å². The van der Waals surface area contributed by atoms with Crippen LogP contribution in [-0.4, -0.2) is 30.8 Å². The van der Waals surface area contributed by atoms with Crippen LogP contribution in [0.3, 0.4) is 0 Å². The van der Waals surface area contributed by atoms with Crippen molar-refractivity contribution in [2.75, 3.05) is 13.1 Å². The number of benzene rings is 2. The number of hydrogen-bond acceptors (Lipinski definition) is 2. The first-order valence-electron chi connectivity index (χ1n) is 9.73. The van der Waals surface area contributed by atoms with Crippen LogP contribution in [0.4, 0.5) is 0 Å². The predicted octanol–water partition coefficient (Wildman–Crippen LogP) is 5.60. The number of H-pyrrole nitrogens is 1. The Balaban J connectivity index is 1.58. The molecule has 1 aromatic heterocycles. The molecule has 4 rings (SSSR count). The summed E-state index contributed by atoms with van der Waals surface area (Å²) < 4.78 is 27.7. The van der Waals surface area contributed by atoms with Crippen LogP contribution >= 0.6 is 11.6 Å². The Kier molecular flexibility index (Phi) is 5.09. The van der Waals surface area contributed by atoms with Crippen LogP contribution in [-0.2, 0) is 15.4 Å². The van der Waals surface area contributed by atoms with Gasteiger partial charge in [-0.1, -0.05) is 62.7 Å². The van der Waals surface area contributed by atoms with Crippen molar-refractivity contribution in [2.24, 2.45) is 0 Å². The summed E-state index contributed by atoms with van der Waals surface area (Å²) in [7, 11) is -3.51. The Morgan fingerprint density at radius 2 is 1.79 bits per heavy atom. The maximum Gasteiger partial charge on any atom is 0.243 e. The lowest BCUT2D eigenvalue weighted by Gasteiger charge is -2.26. The smallest absolute Gasteiger partial charge is 0.243 e. The highest BCUT2D eigenvalue weighted by Gasteiger charge is 2.27. The highest BCUT2D eigenvalue weighted by Crippen LogP contribution is 2.33. The molecule has 4 nitrogen and oxygen atoms in total. The summed E-state index contributed by atoms with van der Waals surface area (Å²) in [4.78, 5) is 3.58. The van der Waals surface area contributed by atoms with Crippen molar-refractivity contribution in [1.82, 2.24) is 9.29 Å². The zero-order valence-corrected chi connectivity index (χ0v) is 18.4. The summed E-state index contributed by atoms with van der Waals surface area (Å²) in [6.45, 7) is 7.18. The van der Waals surface area contributed by atoms with Crippen molar-refractivity contribution in [3.05, 3.63) is 70.9 Å². The van der Waals surface area contributed by atoms with Gasteiger partial charge in [-0.05, 0) is 41.2 Å². The highest BCUT2D eigenvalue weighted by molar-refractivity contribution is 7.89. The third-order valence-electron chi connectivity index (χ3n) is 5.54. The van der Waals surface area contributed by atoms with Gasteiger partial charge in [0.15, 0.2) is 0 Å². The standard InChI is InChI=1S/C23H25ClN2O2S/c1-23(2,3)17-7-9-18(10-8-17)29(27,28)26-13-11-16(12-14-26)20-15-25-22-19(20)5-4-6-21(22)24/h4-11,15,25H,12-14H2,1-3H3. The summed E-state index contributed by atoms with van der Waals surface area (Å²) in [6, 6.07) is 13.1. The fourth-order valence-corrected chi connectivity index (χ4v) is 5.38. The number of rotatable bonds is 3. The number of hydrogen-bond donors (Lipinski definition) is 1. The summed E-state index contributed by atoms with van der Waals surface area (Å²) in [5.41, 5.74) is 4.27. The van der Waals surface area contributed by atoms with Gasteiger partial charge in [-0.2, -0.15) is 4.31 Å². The van der Waals surface area contributed by atoms with Crippen LogP contribution < -0.4 is 0 Å². The molecule has 0 spiro atoms. The first kappa shape index (κ1) is 20.2. The average molecular weight is 429 g/mol. The molecule has 0 saturated carbocycles. The zero-order chi connectivity index (χ0) is 20.8. The Hall–Kier alpha value is -2.08. The number of nitrogens with one attached hydrogen (secondary N) is 1. The topological polar surface area (TPSA) is 53.2 Å². The van der Waals surface area contributed by atoms with E-state index in [1.165, 1.54) is 0 Å². The van der Waals surface area contributed by atoms with E-state index in [4.69, 9.17) is 11.6 Å². The van der Waals surface area contributed by atoms with Crippen LogP contribution in [0.1, 0.15) is 38.3 Å². The second-order valence-corrected chi connectivity index (χ2v) is 10.8. The van der Waals surface area contributed by atoms with Gasteiger partial charge in [0, 0.05) is 30.2 Å². The molecule has 29 heavy (non-hydrogen) atoms. The molecule has 0 atom stereocenters. The molecule has 1 N–H and O–H groups in total. The van der Waals surface area contributed by atoms with E-state index in [0.29, 0.717) is 29.4 Å². The van der Waals surface area contributed by atoms with Gasteiger partial charge in [0.1, 0.15) is 0 Å². The van der Waals surface area contributed by atoms with Crippen LogP contribution in [0, 0.1) is 0 Å². The predicted molar refractivity (Wildman–Crippen MR) is 120 cm³/mol. The molecule has 1 aliphatic rings. The quantitative estimate of drug-likeness (QED) is 0.590. The minimum atomic E-state index is -3.51. The summed E-state index contributed by atoms with van der Waals surface area (Å²) in [6.07, 6.45) is 4.63. The van der Waals surface area contributed by atoms with Crippen molar-refractivity contribution in [3.63, 3.8) is 0 Å². The molecule has 3 aromatic rings. The molecular weight excluding hydrogens is 404 g/mol. The van der Waals surface area contributed by atoms with Crippen molar-refractivity contribution in [1.29, 1.82) is 0 Å². The van der Waals surface area contributed by atoms with E-state index in [2.05, 4.69) is 25.8 Å². The first-order chi connectivity index (χ1) is 13.7. The van der Waals surface area contributed by atoms with Crippen LogP contribution in [0.25, 0.3) is 16.5 Å². The molecule has 0 fully saturated rings.